The molecule has 2 heterocycles. The molecule has 0 spiro atoms. The molecule has 0 radical (unpaired) electrons. The van der Waals surface area contributed by atoms with Gasteiger partial charge in [-0.2, -0.15) is 0 Å². The highest BCUT2D eigenvalue weighted by molar-refractivity contribution is 7.91. The summed E-state index contributed by atoms with van der Waals surface area (Å²) in [4.78, 5) is 5.41. The van der Waals surface area contributed by atoms with Crippen molar-refractivity contribution in [2.75, 3.05) is 11.5 Å². The van der Waals surface area contributed by atoms with Crippen LogP contribution in [0.25, 0.3) is 0 Å². The fraction of sp³-hybridized carbons (Fsp3) is 0.727. The van der Waals surface area contributed by atoms with Gasteiger partial charge in [0.2, 0.25) is 0 Å². The van der Waals surface area contributed by atoms with Gasteiger partial charge in [0.05, 0.1) is 22.7 Å². The molecule has 2 rings (SSSR count). The van der Waals surface area contributed by atoms with Gasteiger partial charge in [-0.25, -0.2) is 13.4 Å². The normalized spacial score (nSPS) is 29.4. The zero-order chi connectivity index (χ0) is 12.7. The van der Waals surface area contributed by atoms with Gasteiger partial charge < -0.3 is 5.32 Å². The molecule has 96 valence electrons. The van der Waals surface area contributed by atoms with Gasteiger partial charge in [0.15, 0.2) is 9.84 Å². The summed E-state index contributed by atoms with van der Waals surface area (Å²) in [6.45, 7) is 6.04. The molecule has 1 N–H and O–H groups in total. The van der Waals surface area contributed by atoms with Crippen LogP contribution in [0.2, 0.25) is 0 Å². The molecule has 1 aliphatic rings. The van der Waals surface area contributed by atoms with Gasteiger partial charge in [0.25, 0.3) is 0 Å². The van der Waals surface area contributed by atoms with Crippen molar-refractivity contribution in [1.29, 1.82) is 0 Å². The fourth-order valence-electron chi connectivity index (χ4n) is 2.44. The number of hydrogen-bond acceptors (Lipinski definition) is 5. The summed E-state index contributed by atoms with van der Waals surface area (Å²) in [6.07, 6.45) is 0.692. The summed E-state index contributed by atoms with van der Waals surface area (Å²) in [7, 11) is -2.85. The molecule has 6 heteroatoms. The molecule has 1 aromatic heterocycles. The van der Waals surface area contributed by atoms with Crippen molar-refractivity contribution in [1.82, 2.24) is 10.3 Å². The summed E-state index contributed by atoms with van der Waals surface area (Å²) in [5.74, 6) is 0.535. The van der Waals surface area contributed by atoms with Gasteiger partial charge in [-0.15, -0.1) is 11.3 Å². The quantitative estimate of drug-likeness (QED) is 0.911. The fourth-order valence-corrected chi connectivity index (χ4v) is 5.35. The number of sulfone groups is 1. The maximum absolute atomic E-state index is 11.5. The van der Waals surface area contributed by atoms with E-state index in [1.807, 2.05) is 19.4 Å². The van der Waals surface area contributed by atoms with Crippen molar-refractivity contribution in [3.8, 4) is 0 Å². The standard InChI is InChI=1S/C11H18N2O2S2/c1-8-10(16-7-12-8)9(2)13-11(3)4-5-17(14,15)6-11/h7,9,13H,4-6H2,1-3H3. The predicted molar refractivity (Wildman–Crippen MR) is 70.1 cm³/mol. The molecule has 1 fully saturated rings. The number of nitrogens with zero attached hydrogens (tertiary/aromatic N) is 1. The average Bonchev–Trinajstić information content (AvgIpc) is 2.70. The van der Waals surface area contributed by atoms with Crippen LogP contribution < -0.4 is 5.32 Å². The van der Waals surface area contributed by atoms with Crippen molar-refractivity contribution < 1.29 is 8.42 Å². The first-order valence-corrected chi connectivity index (χ1v) is 8.40. The maximum atomic E-state index is 11.5. The Morgan fingerprint density at radius 3 is 2.76 bits per heavy atom. The molecule has 2 atom stereocenters. The topological polar surface area (TPSA) is 59.1 Å². The lowest BCUT2D eigenvalue weighted by atomic mass is 10.0. The van der Waals surface area contributed by atoms with Crippen LogP contribution in [-0.4, -0.2) is 30.4 Å². The number of nitrogens with one attached hydrogen (secondary N) is 1. The first kappa shape index (κ1) is 13.0. The Morgan fingerprint density at radius 1 is 1.59 bits per heavy atom. The van der Waals surface area contributed by atoms with E-state index in [0.29, 0.717) is 12.2 Å². The first-order chi connectivity index (χ1) is 7.81. The van der Waals surface area contributed by atoms with E-state index >= 15 is 0 Å². The molecule has 0 saturated carbocycles. The van der Waals surface area contributed by atoms with Crippen LogP contribution in [0.3, 0.4) is 0 Å². The second-order valence-corrected chi connectivity index (χ2v) is 8.14. The molecule has 2 unspecified atom stereocenters. The van der Waals surface area contributed by atoms with Crippen LogP contribution >= 0.6 is 11.3 Å². The lowest BCUT2D eigenvalue weighted by Crippen LogP contribution is -2.44. The number of hydrogen-bond donors (Lipinski definition) is 1. The minimum atomic E-state index is -2.85. The second kappa shape index (κ2) is 4.33. The minimum Gasteiger partial charge on any atom is -0.303 e. The van der Waals surface area contributed by atoms with Crippen molar-refractivity contribution >= 4 is 21.2 Å². The van der Waals surface area contributed by atoms with Gasteiger partial charge >= 0.3 is 0 Å². The first-order valence-electron chi connectivity index (χ1n) is 5.69. The monoisotopic (exact) mass is 274 g/mol. The Morgan fingerprint density at radius 2 is 2.29 bits per heavy atom. The number of thiazole rings is 1. The lowest BCUT2D eigenvalue weighted by Gasteiger charge is -2.28. The molecule has 0 amide bonds. The molecule has 4 nitrogen and oxygen atoms in total. The van der Waals surface area contributed by atoms with E-state index in [-0.39, 0.29) is 17.3 Å². The summed E-state index contributed by atoms with van der Waals surface area (Å²) < 4.78 is 23.1. The van der Waals surface area contributed by atoms with Crippen LogP contribution in [0.4, 0.5) is 0 Å². The van der Waals surface area contributed by atoms with Crippen molar-refractivity contribution in [2.45, 2.75) is 38.8 Å². The SMILES string of the molecule is Cc1ncsc1C(C)NC1(C)CCS(=O)(=O)C1. The molecular weight excluding hydrogens is 256 g/mol. The Kier molecular flexibility index (Phi) is 3.31. The van der Waals surface area contributed by atoms with E-state index in [9.17, 15) is 8.42 Å². The van der Waals surface area contributed by atoms with Gasteiger partial charge in [0.1, 0.15) is 0 Å². The maximum Gasteiger partial charge on any atom is 0.152 e. The third-order valence-corrected chi connectivity index (χ3v) is 6.26. The Bertz CT molecular complexity index is 509. The zero-order valence-corrected chi connectivity index (χ0v) is 12.0. The molecule has 0 aliphatic carbocycles. The van der Waals surface area contributed by atoms with Crippen molar-refractivity contribution in [3.63, 3.8) is 0 Å². The number of aryl methyl sites for hydroxylation is 1. The van der Waals surface area contributed by atoms with Crippen LogP contribution in [0.5, 0.6) is 0 Å². The highest BCUT2D eigenvalue weighted by atomic mass is 32.2. The van der Waals surface area contributed by atoms with Gasteiger partial charge in [-0.3, -0.25) is 0 Å². The van der Waals surface area contributed by atoms with Crippen LogP contribution in [0.15, 0.2) is 5.51 Å². The Labute approximate surface area is 106 Å². The van der Waals surface area contributed by atoms with E-state index in [2.05, 4.69) is 17.2 Å². The lowest BCUT2D eigenvalue weighted by molar-refractivity contribution is 0.357. The number of rotatable bonds is 3. The van der Waals surface area contributed by atoms with E-state index in [1.165, 1.54) is 4.88 Å². The second-order valence-electron chi connectivity index (χ2n) is 5.07. The largest absolute Gasteiger partial charge is 0.303 e. The summed E-state index contributed by atoms with van der Waals surface area (Å²) in [5.41, 5.74) is 2.56. The van der Waals surface area contributed by atoms with E-state index in [4.69, 9.17) is 0 Å². The predicted octanol–water partition coefficient (Wildman–Crippen LogP) is 1.68. The highest BCUT2D eigenvalue weighted by Gasteiger charge is 2.39. The third-order valence-electron chi connectivity index (χ3n) is 3.24. The van der Waals surface area contributed by atoms with Crippen molar-refractivity contribution in [2.24, 2.45) is 0 Å². The van der Waals surface area contributed by atoms with E-state index in [1.54, 1.807) is 11.3 Å². The Balaban J connectivity index is 2.10. The zero-order valence-electron chi connectivity index (χ0n) is 10.4. The van der Waals surface area contributed by atoms with E-state index < -0.39 is 9.84 Å². The van der Waals surface area contributed by atoms with Gasteiger partial charge in [-0.1, -0.05) is 0 Å². The summed E-state index contributed by atoms with van der Waals surface area (Å²) in [6, 6.07) is 0.154. The van der Waals surface area contributed by atoms with Gasteiger partial charge in [0, 0.05) is 16.5 Å². The smallest absolute Gasteiger partial charge is 0.152 e. The molecule has 0 aromatic carbocycles. The number of aromatic nitrogens is 1. The van der Waals surface area contributed by atoms with Crippen LogP contribution in [-0.2, 0) is 9.84 Å². The molecule has 0 bridgehead atoms. The summed E-state index contributed by atoms with van der Waals surface area (Å²) in [5, 5.41) is 3.45. The van der Waals surface area contributed by atoms with Crippen LogP contribution in [0, 0.1) is 6.92 Å². The third kappa shape index (κ3) is 2.86. The minimum absolute atomic E-state index is 0.154. The molecule has 1 saturated heterocycles. The average molecular weight is 274 g/mol. The molecule has 1 aliphatic heterocycles. The molecule has 1 aromatic rings. The molecular formula is C11H18N2O2S2. The molecule has 17 heavy (non-hydrogen) atoms. The van der Waals surface area contributed by atoms with Gasteiger partial charge in [-0.05, 0) is 27.2 Å². The van der Waals surface area contributed by atoms with Crippen LogP contribution in [0.1, 0.15) is 36.9 Å². The van der Waals surface area contributed by atoms with Crippen molar-refractivity contribution in [3.05, 3.63) is 16.1 Å². The Hall–Kier alpha value is -0.460. The highest BCUT2D eigenvalue weighted by Crippen LogP contribution is 2.28. The summed E-state index contributed by atoms with van der Waals surface area (Å²) >= 11 is 1.62. The van der Waals surface area contributed by atoms with E-state index in [0.717, 1.165) is 5.69 Å².